The van der Waals surface area contributed by atoms with Gasteiger partial charge < -0.3 is 14.7 Å². The molecule has 4 rings (SSSR count). The topological polar surface area (TPSA) is 96.8 Å². The quantitative estimate of drug-likeness (QED) is 0.817. The molecule has 1 aromatic heterocycles. The Morgan fingerprint density at radius 2 is 2.07 bits per heavy atom. The molecule has 1 aromatic carbocycles. The molecule has 1 unspecified atom stereocenters. The molecule has 148 valence electrons. The number of nitrogens with zero attached hydrogens (tertiary/aromatic N) is 2. The zero-order valence-corrected chi connectivity index (χ0v) is 16.1. The van der Waals surface area contributed by atoms with Crippen LogP contribution in [0, 0.1) is 5.92 Å². The summed E-state index contributed by atoms with van der Waals surface area (Å²) >= 11 is 0. The maximum Gasteiger partial charge on any atom is 0.254 e. The molecule has 2 aliphatic rings. The highest BCUT2D eigenvalue weighted by Gasteiger charge is 2.62. The van der Waals surface area contributed by atoms with Crippen molar-refractivity contribution in [2.45, 2.75) is 17.8 Å². The van der Waals surface area contributed by atoms with E-state index in [9.17, 15) is 18.3 Å². The molecule has 28 heavy (non-hydrogen) atoms. The van der Waals surface area contributed by atoms with Gasteiger partial charge in [-0.15, -0.1) is 0 Å². The Bertz CT molecular complexity index is 971. The maximum atomic E-state index is 12.7. The van der Waals surface area contributed by atoms with Crippen LogP contribution in [0.5, 0.6) is 5.75 Å². The number of phenols is 1. The fourth-order valence-electron chi connectivity index (χ4n) is 4.06. The van der Waals surface area contributed by atoms with E-state index in [4.69, 9.17) is 4.74 Å². The highest BCUT2D eigenvalue weighted by Crippen LogP contribution is 2.45. The molecule has 1 spiro atoms. The number of rotatable bonds is 5. The van der Waals surface area contributed by atoms with Gasteiger partial charge in [0.05, 0.1) is 24.7 Å². The number of phenolic OH excluding ortho intramolecular Hbond substituents is 1. The molecule has 8 heteroatoms. The average Bonchev–Trinajstić information content (AvgIpc) is 2.91. The van der Waals surface area contributed by atoms with Crippen LogP contribution in [0.25, 0.3) is 0 Å². The molecule has 2 aromatic rings. The second-order valence-corrected chi connectivity index (χ2v) is 9.87. The number of amides is 1. The summed E-state index contributed by atoms with van der Waals surface area (Å²) in [4.78, 5) is 18.3. The first kappa shape index (κ1) is 18.9. The molecule has 2 fully saturated rings. The molecule has 0 saturated carbocycles. The first-order valence-electron chi connectivity index (χ1n) is 9.19. The Labute approximate surface area is 163 Å². The predicted octanol–water partition coefficient (Wildman–Crippen LogP) is 1.63. The lowest BCUT2D eigenvalue weighted by Gasteiger charge is -2.49. The minimum atomic E-state index is -3.29. The van der Waals surface area contributed by atoms with E-state index in [1.165, 1.54) is 17.0 Å². The third kappa shape index (κ3) is 3.27. The van der Waals surface area contributed by atoms with Crippen LogP contribution < -0.4 is 0 Å². The smallest absolute Gasteiger partial charge is 0.254 e. The van der Waals surface area contributed by atoms with Gasteiger partial charge in [0.1, 0.15) is 10.5 Å². The third-order valence-corrected chi connectivity index (χ3v) is 8.29. The van der Waals surface area contributed by atoms with E-state index in [2.05, 4.69) is 4.98 Å². The molecule has 1 N–H and O–H groups in total. The summed E-state index contributed by atoms with van der Waals surface area (Å²) in [7, 11) is -3.29. The van der Waals surface area contributed by atoms with Crippen molar-refractivity contribution in [3.05, 3.63) is 59.9 Å². The lowest BCUT2D eigenvalue weighted by molar-refractivity contribution is 0.0204. The van der Waals surface area contributed by atoms with Crippen LogP contribution in [0.3, 0.4) is 0 Å². The van der Waals surface area contributed by atoms with E-state index in [1.807, 2.05) is 18.2 Å². The van der Waals surface area contributed by atoms with Crippen LogP contribution in [-0.2, 0) is 21.2 Å². The first-order chi connectivity index (χ1) is 13.4. The minimum Gasteiger partial charge on any atom is -0.508 e. The Balaban J connectivity index is 1.42. The van der Waals surface area contributed by atoms with E-state index in [1.54, 1.807) is 18.3 Å². The number of likely N-dealkylation sites (tertiary alicyclic amines) is 1. The van der Waals surface area contributed by atoms with Gasteiger partial charge >= 0.3 is 0 Å². The van der Waals surface area contributed by atoms with Gasteiger partial charge in [0, 0.05) is 30.8 Å². The van der Waals surface area contributed by atoms with Crippen LogP contribution in [0.2, 0.25) is 0 Å². The highest BCUT2D eigenvalue weighted by molar-refractivity contribution is 7.93. The second-order valence-electron chi connectivity index (χ2n) is 7.42. The number of aromatic hydroxyl groups is 1. The largest absolute Gasteiger partial charge is 0.508 e. The molecule has 2 saturated heterocycles. The van der Waals surface area contributed by atoms with Gasteiger partial charge in [-0.1, -0.05) is 12.1 Å². The maximum absolute atomic E-state index is 12.7. The zero-order chi connectivity index (χ0) is 19.8. The molecule has 7 nitrogen and oxygen atoms in total. The summed E-state index contributed by atoms with van der Waals surface area (Å²) in [5.41, 5.74) is 1.15. The van der Waals surface area contributed by atoms with E-state index in [-0.39, 0.29) is 36.4 Å². The van der Waals surface area contributed by atoms with Gasteiger partial charge in [0.15, 0.2) is 9.84 Å². The van der Waals surface area contributed by atoms with Crippen molar-refractivity contribution in [1.82, 2.24) is 9.88 Å². The number of carbonyl (C=O) groups is 1. The summed E-state index contributed by atoms with van der Waals surface area (Å²) in [6, 6.07) is 11.7. The summed E-state index contributed by atoms with van der Waals surface area (Å²) < 4.78 is 30.3. The average molecular weight is 402 g/mol. The molecule has 0 radical (unpaired) electrons. The van der Waals surface area contributed by atoms with Gasteiger partial charge in [-0.3, -0.25) is 9.78 Å². The lowest BCUT2D eigenvalue weighted by atomic mass is 9.83. The molecule has 2 aliphatic heterocycles. The van der Waals surface area contributed by atoms with Crippen LogP contribution in [-0.4, -0.2) is 59.5 Å². The van der Waals surface area contributed by atoms with Crippen molar-refractivity contribution < 1.29 is 23.1 Å². The second kappa shape index (κ2) is 7.18. The molecular formula is C20H22N2O5S. The number of benzene rings is 1. The van der Waals surface area contributed by atoms with Crippen molar-refractivity contribution in [3.8, 4) is 5.75 Å². The number of hydrogen-bond donors (Lipinski definition) is 1. The predicted molar refractivity (Wildman–Crippen MR) is 103 cm³/mol. The van der Waals surface area contributed by atoms with Crippen molar-refractivity contribution in [1.29, 1.82) is 0 Å². The van der Waals surface area contributed by atoms with E-state index in [0.717, 1.165) is 5.69 Å². The molecular weight excluding hydrogens is 380 g/mol. The van der Waals surface area contributed by atoms with Crippen molar-refractivity contribution in [3.63, 3.8) is 0 Å². The fraction of sp³-hybridized carbons (Fsp3) is 0.400. The van der Waals surface area contributed by atoms with Crippen LogP contribution in [0.15, 0.2) is 48.7 Å². The van der Waals surface area contributed by atoms with Crippen molar-refractivity contribution >= 4 is 15.7 Å². The zero-order valence-electron chi connectivity index (χ0n) is 15.3. The Morgan fingerprint density at radius 3 is 2.79 bits per heavy atom. The summed E-state index contributed by atoms with van der Waals surface area (Å²) in [6.07, 6.45) is 2.23. The first-order valence-corrected chi connectivity index (χ1v) is 10.8. The minimum absolute atomic E-state index is 0.00960. The van der Waals surface area contributed by atoms with Gasteiger partial charge in [-0.25, -0.2) is 8.42 Å². The normalized spacial score (nSPS) is 22.1. The van der Waals surface area contributed by atoms with E-state index >= 15 is 0 Å². The fourth-order valence-corrected chi connectivity index (χ4v) is 6.46. The third-order valence-electron chi connectivity index (χ3n) is 5.69. The van der Waals surface area contributed by atoms with Gasteiger partial charge in [0.25, 0.3) is 5.91 Å². The van der Waals surface area contributed by atoms with Crippen LogP contribution in [0.4, 0.5) is 0 Å². The number of pyridine rings is 1. The summed E-state index contributed by atoms with van der Waals surface area (Å²) in [6.45, 7) is 0.992. The summed E-state index contributed by atoms with van der Waals surface area (Å²) in [5, 5.41) is 9.57. The SMILES string of the molecule is O=C(c1cccc(O)c1)N1CC2(C1)C(COCc1ccccn1)CCS2(=O)=O. The van der Waals surface area contributed by atoms with Crippen LogP contribution in [0.1, 0.15) is 22.5 Å². The Kier molecular flexibility index (Phi) is 4.84. The number of ether oxygens (including phenoxy) is 1. The number of aromatic nitrogens is 1. The highest BCUT2D eigenvalue weighted by atomic mass is 32.2. The Morgan fingerprint density at radius 1 is 1.25 bits per heavy atom. The van der Waals surface area contributed by atoms with E-state index in [0.29, 0.717) is 25.2 Å². The standard InChI is InChI=1S/C20H22N2O5S/c23-18-6-3-4-15(10-18)19(24)22-13-20(14-22)16(7-9-28(20,25)26)11-27-12-17-5-1-2-8-21-17/h1-6,8,10,16,23H,7,9,11-14H2. The number of hydrogen-bond acceptors (Lipinski definition) is 6. The Hall–Kier alpha value is -2.45. The van der Waals surface area contributed by atoms with Gasteiger partial charge in [0.2, 0.25) is 0 Å². The molecule has 0 bridgehead atoms. The van der Waals surface area contributed by atoms with Gasteiger partial charge in [-0.2, -0.15) is 0 Å². The van der Waals surface area contributed by atoms with Crippen LogP contribution >= 0.6 is 0 Å². The van der Waals surface area contributed by atoms with Crippen molar-refractivity contribution in [2.75, 3.05) is 25.4 Å². The number of sulfone groups is 1. The van der Waals surface area contributed by atoms with E-state index < -0.39 is 14.6 Å². The van der Waals surface area contributed by atoms with Crippen molar-refractivity contribution in [2.24, 2.45) is 5.92 Å². The molecule has 1 amide bonds. The number of carbonyl (C=O) groups excluding carboxylic acids is 1. The monoisotopic (exact) mass is 402 g/mol. The molecule has 0 aliphatic carbocycles. The molecule has 1 atom stereocenters. The lowest BCUT2D eigenvalue weighted by Crippen LogP contribution is -2.68. The van der Waals surface area contributed by atoms with Gasteiger partial charge in [-0.05, 0) is 36.8 Å². The molecule has 3 heterocycles. The summed E-state index contributed by atoms with van der Waals surface area (Å²) in [5.74, 6) is -0.278.